The summed E-state index contributed by atoms with van der Waals surface area (Å²) in [4.78, 5) is 9.20. The Bertz CT molecular complexity index is 731. The smallest absolute Gasteiger partial charge is 0.352 e. The number of aromatic nitrogens is 1. The van der Waals surface area contributed by atoms with E-state index in [1.54, 1.807) is 6.20 Å². The number of nitrogens with zero attached hydrogens (tertiary/aromatic N) is 2. The average Bonchev–Trinajstić information content (AvgIpc) is 2.93. The third-order valence-electron chi connectivity index (χ3n) is 3.12. The largest absolute Gasteiger partial charge is 0.416 e. The first-order valence-corrected chi connectivity index (χ1v) is 7.82. The fraction of sp³-hybridized carbons (Fsp3) is 0.333. The van der Waals surface area contributed by atoms with E-state index >= 15 is 0 Å². The quantitative estimate of drug-likeness (QED) is 0.295. The number of benzene rings is 1. The van der Waals surface area contributed by atoms with Gasteiger partial charge in [0.15, 0.2) is 5.96 Å². The van der Waals surface area contributed by atoms with E-state index in [1.165, 1.54) is 18.4 Å². The average molecular weight is 488 g/mol. The van der Waals surface area contributed by atoms with Crippen LogP contribution < -0.4 is 10.6 Å². The number of aliphatic imine (C=N–C) groups is 1. The number of hydrogen-bond donors (Lipinski definition) is 2. The van der Waals surface area contributed by atoms with Crippen LogP contribution in [0.3, 0.4) is 0 Å². The molecule has 1 aromatic carbocycles. The number of hydrogen-bond acceptors (Lipinski definition) is 3. The van der Waals surface area contributed by atoms with Crippen molar-refractivity contribution in [3.63, 3.8) is 0 Å². The van der Waals surface area contributed by atoms with Crippen molar-refractivity contribution in [3.05, 3.63) is 51.2 Å². The molecule has 2 aromatic rings. The lowest BCUT2D eigenvalue weighted by atomic mass is 10.1. The number of alkyl halides is 3. The van der Waals surface area contributed by atoms with E-state index in [-0.39, 0.29) is 36.1 Å². The highest BCUT2D eigenvalue weighted by Crippen LogP contribution is 2.32. The highest BCUT2D eigenvalue weighted by Gasteiger charge is 2.33. The van der Waals surface area contributed by atoms with Gasteiger partial charge in [0, 0.05) is 24.7 Å². The maximum atomic E-state index is 13.1. The zero-order chi connectivity index (χ0) is 17.7. The molecule has 0 aliphatic carbocycles. The maximum Gasteiger partial charge on any atom is 0.416 e. The standard InChI is InChI=1S/C15H16F4N4S.HI/c1-9-6-21-13(24-9)8-23-14(20-2)22-7-10-3-4-11(16)5-12(10)15(17,18)19;/h3-6H,7-8H2,1-2H3,(H2,20,22,23);1H. The summed E-state index contributed by atoms with van der Waals surface area (Å²) in [6.45, 7) is 2.21. The summed E-state index contributed by atoms with van der Waals surface area (Å²) in [5.74, 6) is -0.590. The van der Waals surface area contributed by atoms with Crippen LogP contribution >= 0.6 is 35.3 Å². The van der Waals surface area contributed by atoms with Crippen LogP contribution in [0.25, 0.3) is 0 Å². The van der Waals surface area contributed by atoms with Crippen LogP contribution in [0.5, 0.6) is 0 Å². The molecule has 0 amide bonds. The maximum absolute atomic E-state index is 13.1. The highest BCUT2D eigenvalue weighted by atomic mass is 127. The summed E-state index contributed by atoms with van der Waals surface area (Å²) in [6, 6.07) is 2.61. The number of thiazole rings is 1. The van der Waals surface area contributed by atoms with Crippen molar-refractivity contribution >= 4 is 41.3 Å². The molecule has 10 heteroatoms. The topological polar surface area (TPSA) is 49.3 Å². The lowest BCUT2D eigenvalue weighted by Gasteiger charge is -2.15. The van der Waals surface area contributed by atoms with Gasteiger partial charge in [0.2, 0.25) is 0 Å². The minimum atomic E-state index is -4.62. The van der Waals surface area contributed by atoms with E-state index in [9.17, 15) is 17.6 Å². The summed E-state index contributed by atoms with van der Waals surface area (Å²) in [7, 11) is 1.51. The van der Waals surface area contributed by atoms with Gasteiger partial charge in [0.1, 0.15) is 10.8 Å². The van der Waals surface area contributed by atoms with Gasteiger partial charge in [0.05, 0.1) is 12.1 Å². The Labute approximate surface area is 163 Å². The van der Waals surface area contributed by atoms with Crippen LogP contribution in [-0.4, -0.2) is 18.0 Å². The van der Waals surface area contributed by atoms with Crippen molar-refractivity contribution in [2.75, 3.05) is 7.05 Å². The van der Waals surface area contributed by atoms with Crippen LogP contribution in [0.4, 0.5) is 17.6 Å². The van der Waals surface area contributed by atoms with Crippen molar-refractivity contribution in [2.45, 2.75) is 26.2 Å². The third kappa shape index (κ3) is 6.42. The number of guanidine groups is 1. The van der Waals surface area contributed by atoms with Gasteiger partial charge >= 0.3 is 6.18 Å². The molecule has 0 saturated carbocycles. The molecule has 0 unspecified atom stereocenters. The molecule has 0 spiro atoms. The highest BCUT2D eigenvalue weighted by molar-refractivity contribution is 14.0. The second kappa shape index (κ2) is 9.32. The fourth-order valence-corrected chi connectivity index (χ4v) is 2.74. The van der Waals surface area contributed by atoms with Crippen molar-refractivity contribution in [1.82, 2.24) is 15.6 Å². The van der Waals surface area contributed by atoms with Crippen molar-refractivity contribution in [2.24, 2.45) is 4.99 Å². The van der Waals surface area contributed by atoms with E-state index in [0.717, 1.165) is 22.0 Å². The van der Waals surface area contributed by atoms with Crippen LogP contribution in [-0.2, 0) is 19.3 Å². The van der Waals surface area contributed by atoms with Gasteiger partial charge in [-0.2, -0.15) is 13.2 Å². The Hall–Kier alpha value is -1.43. The molecule has 0 aliphatic rings. The molecule has 0 bridgehead atoms. The van der Waals surface area contributed by atoms with Gasteiger partial charge < -0.3 is 10.6 Å². The van der Waals surface area contributed by atoms with Crippen LogP contribution in [0.1, 0.15) is 21.0 Å². The normalized spacial score (nSPS) is 11.8. The summed E-state index contributed by atoms with van der Waals surface area (Å²) >= 11 is 1.52. The molecule has 1 heterocycles. The first kappa shape index (κ1) is 21.6. The first-order valence-electron chi connectivity index (χ1n) is 7.01. The minimum Gasteiger partial charge on any atom is -0.352 e. The first-order chi connectivity index (χ1) is 11.3. The number of rotatable bonds is 4. The Morgan fingerprint density at radius 3 is 2.48 bits per heavy atom. The summed E-state index contributed by atoms with van der Waals surface area (Å²) < 4.78 is 52.0. The molecular weight excluding hydrogens is 471 g/mol. The van der Waals surface area contributed by atoms with E-state index < -0.39 is 17.6 Å². The van der Waals surface area contributed by atoms with Crippen molar-refractivity contribution in [3.8, 4) is 0 Å². The Kier molecular flexibility index (Phi) is 8.06. The minimum absolute atomic E-state index is 0. The van der Waals surface area contributed by atoms with Gasteiger partial charge in [-0.05, 0) is 24.6 Å². The molecule has 25 heavy (non-hydrogen) atoms. The SMILES string of the molecule is CN=C(NCc1ncc(C)s1)NCc1ccc(F)cc1C(F)(F)F.I. The summed E-state index contributed by atoms with van der Waals surface area (Å²) in [5, 5.41) is 6.60. The summed E-state index contributed by atoms with van der Waals surface area (Å²) in [5.41, 5.74) is -1.06. The molecule has 0 aliphatic heterocycles. The molecular formula is C15H17F4IN4S. The molecule has 2 N–H and O–H groups in total. The molecule has 0 atom stereocenters. The third-order valence-corrected chi connectivity index (χ3v) is 4.04. The zero-order valence-corrected chi connectivity index (χ0v) is 16.6. The van der Waals surface area contributed by atoms with Crippen molar-refractivity contribution in [1.29, 1.82) is 0 Å². The summed E-state index contributed by atoms with van der Waals surface area (Å²) in [6.07, 6.45) is -2.87. The Morgan fingerprint density at radius 2 is 1.92 bits per heavy atom. The van der Waals surface area contributed by atoms with Crippen LogP contribution in [0, 0.1) is 12.7 Å². The molecule has 0 fully saturated rings. The van der Waals surface area contributed by atoms with E-state index in [0.29, 0.717) is 18.6 Å². The molecule has 0 radical (unpaired) electrons. The fourth-order valence-electron chi connectivity index (χ4n) is 2.01. The monoisotopic (exact) mass is 488 g/mol. The lowest BCUT2D eigenvalue weighted by Crippen LogP contribution is -2.36. The van der Waals surface area contributed by atoms with E-state index in [1.807, 2.05) is 6.92 Å². The Morgan fingerprint density at radius 1 is 1.24 bits per heavy atom. The lowest BCUT2D eigenvalue weighted by molar-refractivity contribution is -0.138. The molecule has 0 saturated heterocycles. The molecule has 4 nitrogen and oxygen atoms in total. The van der Waals surface area contributed by atoms with E-state index in [4.69, 9.17) is 0 Å². The number of nitrogens with one attached hydrogen (secondary N) is 2. The Balaban J connectivity index is 0.00000312. The number of aryl methyl sites for hydroxylation is 1. The van der Waals surface area contributed by atoms with Crippen LogP contribution in [0.2, 0.25) is 0 Å². The van der Waals surface area contributed by atoms with Gasteiger partial charge in [-0.1, -0.05) is 6.07 Å². The molecule has 2 rings (SSSR count). The van der Waals surface area contributed by atoms with Gasteiger partial charge in [-0.3, -0.25) is 4.99 Å². The molecule has 1 aromatic heterocycles. The van der Waals surface area contributed by atoms with Gasteiger partial charge in [0.25, 0.3) is 0 Å². The molecule has 138 valence electrons. The second-order valence-corrected chi connectivity index (χ2v) is 6.26. The van der Waals surface area contributed by atoms with Crippen LogP contribution in [0.15, 0.2) is 29.4 Å². The number of halogens is 5. The predicted molar refractivity (Wildman–Crippen MR) is 101 cm³/mol. The predicted octanol–water partition coefficient (Wildman–Crippen LogP) is 4.09. The second-order valence-electron chi connectivity index (χ2n) is 4.94. The van der Waals surface area contributed by atoms with Gasteiger partial charge in [-0.25, -0.2) is 9.37 Å². The van der Waals surface area contributed by atoms with E-state index in [2.05, 4.69) is 20.6 Å². The van der Waals surface area contributed by atoms with Gasteiger partial charge in [-0.15, -0.1) is 35.3 Å². The zero-order valence-electron chi connectivity index (χ0n) is 13.4. The van der Waals surface area contributed by atoms with Crippen molar-refractivity contribution < 1.29 is 17.6 Å².